The quantitative estimate of drug-likeness (QED) is 0.300. The smallest absolute Gasteiger partial charge is 0.293 e. The molecule has 0 saturated carbocycles. The number of nitrogens with zero attached hydrogens (tertiary/aromatic N) is 2. The van der Waals surface area contributed by atoms with Gasteiger partial charge in [0.2, 0.25) is 0 Å². The monoisotopic (exact) mass is 476 g/mol. The second kappa shape index (κ2) is 8.89. The van der Waals surface area contributed by atoms with Crippen molar-refractivity contribution < 1.29 is 14.0 Å². The summed E-state index contributed by atoms with van der Waals surface area (Å²) in [5.41, 5.74) is 3.46. The number of halogens is 2. The lowest BCUT2D eigenvalue weighted by Crippen LogP contribution is -2.27. The highest BCUT2D eigenvalue weighted by Gasteiger charge is 2.35. The van der Waals surface area contributed by atoms with Gasteiger partial charge in [0.25, 0.3) is 11.1 Å². The SMILES string of the molecule is O=C1S/C(=C\c2cn(Cc3ccc(F)cc3Cl)c3ccccc23)C(=O)N1Cc1ccccc1. The Morgan fingerprint density at radius 3 is 2.48 bits per heavy atom. The first-order chi connectivity index (χ1) is 16.0. The van der Waals surface area contributed by atoms with Crippen molar-refractivity contribution in [1.29, 1.82) is 0 Å². The average molecular weight is 477 g/mol. The highest BCUT2D eigenvalue weighted by Crippen LogP contribution is 2.35. The highest BCUT2D eigenvalue weighted by molar-refractivity contribution is 8.18. The minimum absolute atomic E-state index is 0.244. The van der Waals surface area contributed by atoms with E-state index in [1.54, 1.807) is 12.1 Å². The summed E-state index contributed by atoms with van der Waals surface area (Å²) in [6, 6.07) is 21.6. The Hall–Kier alpha value is -3.35. The molecule has 0 bridgehead atoms. The topological polar surface area (TPSA) is 42.3 Å². The van der Waals surface area contributed by atoms with Crippen LogP contribution >= 0.6 is 23.4 Å². The molecule has 4 aromatic rings. The molecular formula is C26H18ClFN2O2S. The fraction of sp³-hybridized carbons (Fsp3) is 0.0769. The molecule has 7 heteroatoms. The lowest BCUT2D eigenvalue weighted by atomic mass is 10.1. The molecule has 0 atom stereocenters. The number of benzene rings is 3. The van der Waals surface area contributed by atoms with E-state index in [1.807, 2.05) is 65.4 Å². The number of carbonyl (C=O) groups excluding carboxylic acids is 2. The highest BCUT2D eigenvalue weighted by atomic mass is 35.5. The number of hydrogen-bond donors (Lipinski definition) is 0. The van der Waals surface area contributed by atoms with Crippen molar-refractivity contribution in [2.75, 3.05) is 0 Å². The largest absolute Gasteiger partial charge is 0.342 e. The summed E-state index contributed by atoms with van der Waals surface area (Å²) in [5, 5.41) is 1.03. The Bertz CT molecular complexity index is 1410. The van der Waals surface area contributed by atoms with E-state index in [9.17, 15) is 14.0 Å². The number of thioether (sulfide) groups is 1. The summed E-state index contributed by atoms with van der Waals surface area (Å²) in [6.07, 6.45) is 3.69. The molecule has 0 spiro atoms. The number of rotatable bonds is 5. The van der Waals surface area contributed by atoms with Gasteiger partial charge in [-0.2, -0.15) is 0 Å². The summed E-state index contributed by atoms with van der Waals surface area (Å²) < 4.78 is 15.5. The predicted octanol–water partition coefficient (Wildman–Crippen LogP) is 6.72. The standard InChI is InChI=1S/C26H18ClFN2O2S/c27-22-13-20(28)11-10-18(22)15-29-16-19(21-8-4-5-9-23(21)29)12-24-25(31)30(26(32)33-24)14-17-6-2-1-3-7-17/h1-13,16H,14-15H2/b24-12-. The molecule has 1 fully saturated rings. The van der Waals surface area contributed by atoms with Crippen LogP contribution in [0.25, 0.3) is 17.0 Å². The van der Waals surface area contributed by atoms with Crippen LogP contribution in [0, 0.1) is 5.82 Å². The maximum atomic E-state index is 13.4. The van der Waals surface area contributed by atoms with Gasteiger partial charge in [-0.3, -0.25) is 14.5 Å². The van der Waals surface area contributed by atoms with E-state index in [0.29, 0.717) is 16.5 Å². The number of imide groups is 1. The van der Waals surface area contributed by atoms with Crippen molar-refractivity contribution in [1.82, 2.24) is 9.47 Å². The average Bonchev–Trinajstić information content (AvgIpc) is 3.28. The van der Waals surface area contributed by atoms with E-state index in [-0.39, 0.29) is 23.5 Å². The Morgan fingerprint density at radius 2 is 1.70 bits per heavy atom. The van der Waals surface area contributed by atoms with Gasteiger partial charge in [0.1, 0.15) is 5.82 Å². The molecule has 0 unspecified atom stereocenters. The lowest BCUT2D eigenvalue weighted by Gasteiger charge is -2.12. The lowest BCUT2D eigenvalue weighted by molar-refractivity contribution is -0.123. The maximum Gasteiger partial charge on any atom is 0.293 e. The Labute approximate surface area is 199 Å². The Balaban J connectivity index is 1.48. The van der Waals surface area contributed by atoms with E-state index >= 15 is 0 Å². The van der Waals surface area contributed by atoms with Crippen LogP contribution in [0.3, 0.4) is 0 Å². The van der Waals surface area contributed by atoms with Crippen LogP contribution in [0.5, 0.6) is 0 Å². The third-order valence-electron chi connectivity index (χ3n) is 5.52. The van der Waals surface area contributed by atoms with Gasteiger partial charge in [-0.15, -0.1) is 0 Å². The first-order valence-electron chi connectivity index (χ1n) is 10.3. The molecule has 1 aromatic heterocycles. The molecule has 1 saturated heterocycles. The van der Waals surface area contributed by atoms with Crippen LogP contribution in [0.2, 0.25) is 5.02 Å². The van der Waals surface area contributed by atoms with Crippen LogP contribution in [0.1, 0.15) is 16.7 Å². The molecule has 3 aromatic carbocycles. The van der Waals surface area contributed by atoms with Crippen molar-refractivity contribution in [3.8, 4) is 0 Å². The molecule has 33 heavy (non-hydrogen) atoms. The molecule has 2 amide bonds. The van der Waals surface area contributed by atoms with Gasteiger partial charge >= 0.3 is 0 Å². The number of para-hydroxylation sites is 1. The minimum atomic E-state index is -0.381. The zero-order chi connectivity index (χ0) is 22.9. The zero-order valence-electron chi connectivity index (χ0n) is 17.4. The van der Waals surface area contributed by atoms with Crippen LogP contribution in [0.4, 0.5) is 9.18 Å². The summed E-state index contributed by atoms with van der Waals surface area (Å²) in [4.78, 5) is 27.2. The van der Waals surface area contributed by atoms with E-state index in [4.69, 9.17) is 11.6 Å². The van der Waals surface area contributed by atoms with Crippen LogP contribution in [0.15, 0.2) is 83.9 Å². The van der Waals surface area contributed by atoms with Crippen molar-refractivity contribution in [3.05, 3.63) is 111 Å². The second-order valence-electron chi connectivity index (χ2n) is 7.72. The Kier molecular flexibility index (Phi) is 5.79. The molecule has 0 N–H and O–H groups in total. The summed E-state index contributed by atoms with van der Waals surface area (Å²) >= 11 is 7.18. The molecule has 5 rings (SSSR count). The van der Waals surface area contributed by atoms with Gasteiger partial charge in [-0.1, -0.05) is 66.2 Å². The first-order valence-corrected chi connectivity index (χ1v) is 11.5. The van der Waals surface area contributed by atoms with Crippen molar-refractivity contribution in [2.45, 2.75) is 13.1 Å². The number of hydrogen-bond acceptors (Lipinski definition) is 3. The van der Waals surface area contributed by atoms with Gasteiger partial charge in [0.15, 0.2) is 0 Å². The fourth-order valence-corrected chi connectivity index (χ4v) is 4.95. The van der Waals surface area contributed by atoms with Crippen LogP contribution < -0.4 is 0 Å². The third kappa shape index (κ3) is 4.32. The molecule has 1 aliphatic rings. The van der Waals surface area contributed by atoms with Crippen molar-refractivity contribution >= 4 is 51.5 Å². The summed E-state index contributed by atoms with van der Waals surface area (Å²) in [7, 11) is 0. The predicted molar refractivity (Wildman–Crippen MR) is 130 cm³/mol. The number of fused-ring (bicyclic) bond motifs is 1. The number of amides is 2. The maximum absolute atomic E-state index is 13.4. The fourth-order valence-electron chi connectivity index (χ4n) is 3.90. The Morgan fingerprint density at radius 1 is 0.939 bits per heavy atom. The summed E-state index contributed by atoms with van der Waals surface area (Å²) in [5.74, 6) is -0.680. The van der Waals surface area contributed by atoms with E-state index in [0.717, 1.165) is 39.4 Å². The third-order valence-corrected chi connectivity index (χ3v) is 6.78. The molecule has 0 aliphatic carbocycles. The molecule has 164 valence electrons. The normalized spacial score (nSPS) is 15.2. The minimum Gasteiger partial charge on any atom is -0.342 e. The van der Waals surface area contributed by atoms with Gasteiger partial charge in [-0.25, -0.2) is 4.39 Å². The molecule has 2 heterocycles. The van der Waals surface area contributed by atoms with Gasteiger partial charge in [0.05, 0.1) is 11.4 Å². The van der Waals surface area contributed by atoms with Crippen molar-refractivity contribution in [3.63, 3.8) is 0 Å². The second-order valence-corrected chi connectivity index (χ2v) is 9.12. The molecule has 4 nitrogen and oxygen atoms in total. The first kappa shape index (κ1) is 21.5. The van der Waals surface area contributed by atoms with Gasteiger partial charge in [0, 0.05) is 34.2 Å². The van der Waals surface area contributed by atoms with Gasteiger partial charge < -0.3 is 4.57 Å². The van der Waals surface area contributed by atoms with E-state index < -0.39 is 0 Å². The van der Waals surface area contributed by atoms with E-state index in [2.05, 4.69) is 0 Å². The van der Waals surface area contributed by atoms with Crippen LogP contribution in [-0.4, -0.2) is 20.6 Å². The summed E-state index contributed by atoms with van der Waals surface area (Å²) in [6.45, 7) is 0.691. The van der Waals surface area contributed by atoms with Crippen LogP contribution in [-0.2, 0) is 17.9 Å². The van der Waals surface area contributed by atoms with Gasteiger partial charge in [-0.05, 0) is 47.2 Å². The molecule has 1 aliphatic heterocycles. The molecule has 0 radical (unpaired) electrons. The molecular weight excluding hydrogens is 459 g/mol. The number of aromatic nitrogens is 1. The van der Waals surface area contributed by atoms with Crippen molar-refractivity contribution in [2.24, 2.45) is 0 Å². The number of carbonyl (C=O) groups is 2. The zero-order valence-corrected chi connectivity index (χ0v) is 18.9. The van der Waals surface area contributed by atoms with E-state index in [1.165, 1.54) is 17.0 Å².